The van der Waals surface area contributed by atoms with Crippen molar-refractivity contribution in [2.45, 2.75) is 12.8 Å². The molecule has 106 valence electrons. The van der Waals surface area contributed by atoms with Gasteiger partial charge in [-0.1, -0.05) is 0 Å². The number of fused-ring (bicyclic) bond motifs is 1. The first-order chi connectivity index (χ1) is 10.0. The Morgan fingerprint density at radius 3 is 2.86 bits per heavy atom. The molecule has 21 heavy (non-hydrogen) atoms. The van der Waals surface area contributed by atoms with E-state index in [0.717, 1.165) is 8.66 Å². The van der Waals surface area contributed by atoms with Gasteiger partial charge >= 0.3 is 5.63 Å². The highest BCUT2D eigenvalue weighted by molar-refractivity contribution is 9.11. The molecule has 0 saturated carbocycles. The van der Waals surface area contributed by atoms with Crippen LogP contribution in [0.3, 0.4) is 0 Å². The summed E-state index contributed by atoms with van der Waals surface area (Å²) in [6, 6.07) is 7.34. The van der Waals surface area contributed by atoms with Crippen LogP contribution in [0.25, 0.3) is 0 Å². The molecule has 5 nitrogen and oxygen atoms in total. The van der Waals surface area contributed by atoms with E-state index < -0.39 is 11.5 Å². The first-order valence-corrected chi connectivity index (χ1v) is 7.59. The summed E-state index contributed by atoms with van der Waals surface area (Å²) < 4.78 is 11.5. The second kappa shape index (κ2) is 5.06. The Hall–Kier alpha value is -2.04. The number of aryl methyl sites for hydroxylation is 1. The normalized spacial score (nSPS) is 17.1. The predicted molar refractivity (Wildman–Crippen MR) is 81.0 cm³/mol. The average molecular weight is 365 g/mol. The van der Waals surface area contributed by atoms with Crippen LogP contribution in [0.4, 0.5) is 0 Å². The van der Waals surface area contributed by atoms with Gasteiger partial charge in [0.1, 0.15) is 23.2 Å². The van der Waals surface area contributed by atoms with E-state index in [1.807, 2.05) is 18.2 Å². The molecule has 7 heteroatoms. The topological polar surface area (TPSA) is 89.2 Å². The lowest BCUT2D eigenvalue weighted by Crippen LogP contribution is -2.25. The fourth-order valence-corrected chi connectivity index (χ4v) is 3.83. The maximum atomic E-state index is 12.2. The summed E-state index contributed by atoms with van der Waals surface area (Å²) in [4.78, 5) is 13.0. The van der Waals surface area contributed by atoms with Crippen LogP contribution >= 0.6 is 27.3 Å². The molecule has 0 bridgehead atoms. The molecule has 1 aliphatic heterocycles. The molecule has 3 rings (SSSR count). The molecule has 1 aliphatic rings. The first kappa shape index (κ1) is 13.9. The van der Waals surface area contributed by atoms with Gasteiger partial charge in [-0.25, -0.2) is 4.79 Å². The van der Waals surface area contributed by atoms with Gasteiger partial charge in [0.15, 0.2) is 0 Å². The van der Waals surface area contributed by atoms with E-state index in [0.29, 0.717) is 17.1 Å². The monoisotopic (exact) mass is 364 g/mol. The van der Waals surface area contributed by atoms with Crippen LogP contribution in [-0.4, -0.2) is 0 Å². The number of hydrogen-bond donors (Lipinski definition) is 1. The quantitative estimate of drug-likeness (QED) is 0.839. The number of nitrogens with two attached hydrogens (primary N) is 1. The van der Waals surface area contributed by atoms with Crippen molar-refractivity contribution < 1.29 is 9.15 Å². The van der Waals surface area contributed by atoms with Crippen molar-refractivity contribution in [1.29, 1.82) is 5.26 Å². The zero-order valence-corrected chi connectivity index (χ0v) is 13.2. The first-order valence-electron chi connectivity index (χ1n) is 5.98. The van der Waals surface area contributed by atoms with E-state index in [1.54, 1.807) is 13.0 Å². The van der Waals surface area contributed by atoms with Crippen LogP contribution in [0.5, 0.6) is 5.75 Å². The van der Waals surface area contributed by atoms with Crippen molar-refractivity contribution in [3.05, 3.63) is 60.1 Å². The number of rotatable bonds is 1. The molecule has 0 saturated heterocycles. The summed E-state index contributed by atoms with van der Waals surface area (Å²) in [5.74, 6) is 0.226. The standard InChI is InChI=1S/C14H9BrN2O3S/c1-6-4-8-12(14(18)19-6)11(7(5-16)13(17)20-8)9-2-3-10(15)21-9/h2-4,11H,17H2,1H3/t11-/m1/s1. The minimum Gasteiger partial charge on any atom is -0.440 e. The molecule has 0 aliphatic carbocycles. The van der Waals surface area contributed by atoms with Gasteiger partial charge in [0, 0.05) is 10.9 Å². The fourth-order valence-electron chi connectivity index (χ4n) is 2.29. The van der Waals surface area contributed by atoms with Crippen LogP contribution in [0.15, 0.2) is 42.7 Å². The minimum atomic E-state index is -0.563. The Labute approximate surface area is 132 Å². The molecule has 1 atom stereocenters. The summed E-state index contributed by atoms with van der Waals surface area (Å²) in [5, 5.41) is 9.36. The van der Waals surface area contributed by atoms with Gasteiger partial charge in [-0.3, -0.25) is 0 Å². The van der Waals surface area contributed by atoms with E-state index in [1.165, 1.54) is 11.3 Å². The number of allylic oxidation sites excluding steroid dienone is 1. The molecule has 0 aromatic carbocycles. The van der Waals surface area contributed by atoms with Crippen molar-refractivity contribution in [3.8, 4) is 11.8 Å². The number of thiophene rings is 1. The number of hydrogen-bond acceptors (Lipinski definition) is 6. The lowest BCUT2D eigenvalue weighted by Gasteiger charge is -2.24. The Morgan fingerprint density at radius 2 is 2.24 bits per heavy atom. The molecule has 0 radical (unpaired) electrons. The molecule has 2 N–H and O–H groups in total. The van der Waals surface area contributed by atoms with E-state index in [-0.39, 0.29) is 11.5 Å². The SMILES string of the molecule is Cc1cc2c(c(=O)o1)[C@@H](c1ccc(Br)s1)C(C#N)=C(N)O2. The highest BCUT2D eigenvalue weighted by Crippen LogP contribution is 2.43. The van der Waals surface area contributed by atoms with Gasteiger partial charge in [0.25, 0.3) is 0 Å². The molecule has 2 aromatic heterocycles. The van der Waals surface area contributed by atoms with Crippen molar-refractivity contribution in [3.63, 3.8) is 0 Å². The molecule has 0 spiro atoms. The average Bonchev–Trinajstić information content (AvgIpc) is 2.83. The third kappa shape index (κ3) is 2.26. The van der Waals surface area contributed by atoms with Crippen molar-refractivity contribution in [2.24, 2.45) is 5.73 Å². The van der Waals surface area contributed by atoms with Crippen LogP contribution in [0, 0.1) is 18.3 Å². The zero-order chi connectivity index (χ0) is 15.1. The zero-order valence-electron chi connectivity index (χ0n) is 10.8. The van der Waals surface area contributed by atoms with Gasteiger partial charge in [0.2, 0.25) is 5.88 Å². The molecule has 2 aromatic rings. The van der Waals surface area contributed by atoms with Gasteiger partial charge in [-0.2, -0.15) is 5.26 Å². The predicted octanol–water partition coefficient (Wildman–Crippen LogP) is 2.99. The summed E-state index contributed by atoms with van der Waals surface area (Å²) in [6.07, 6.45) is 0. The van der Waals surface area contributed by atoms with Gasteiger partial charge in [0.05, 0.1) is 15.3 Å². The lowest BCUT2D eigenvalue weighted by molar-refractivity contribution is 0.372. The number of ether oxygens (including phenoxy) is 1. The van der Waals surface area contributed by atoms with E-state index in [2.05, 4.69) is 15.9 Å². The van der Waals surface area contributed by atoms with Crippen molar-refractivity contribution in [1.82, 2.24) is 0 Å². The molecule has 0 amide bonds. The van der Waals surface area contributed by atoms with Gasteiger partial charge in [-0.15, -0.1) is 11.3 Å². The lowest BCUT2D eigenvalue weighted by atomic mass is 9.89. The van der Waals surface area contributed by atoms with Crippen molar-refractivity contribution in [2.75, 3.05) is 0 Å². The largest absolute Gasteiger partial charge is 0.440 e. The molecule has 0 fully saturated rings. The van der Waals surface area contributed by atoms with Crippen LogP contribution in [0.2, 0.25) is 0 Å². The smallest absolute Gasteiger partial charge is 0.343 e. The second-order valence-corrected chi connectivity index (χ2v) is 6.98. The summed E-state index contributed by atoms with van der Waals surface area (Å²) >= 11 is 4.81. The number of nitrogens with zero attached hydrogens (tertiary/aromatic N) is 1. The van der Waals surface area contributed by atoms with E-state index in [9.17, 15) is 10.1 Å². The highest BCUT2D eigenvalue weighted by atomic mass is 79.9. The van der Waals surface area contributed by atoms with Crippen LogP contribution in [-0.2, 0) is 0 Å². The highest BCUT2D eigenvalue weighted by Gasteiger charge is 2.35. The number of nitriles is 1. The van der Waals surface area contributed by atoms with E-state index in [4.69, 9.17) is 14.9 Å². The molecule has 0 unspecified atom stereocenters. The Balaban J connectivity index is 2.31. The third-order valence-electron chi connectivity index (χ3n) is 3.14. The maximum absolute atomic E-state index is 12.2. The molecular formula is C14H9BrN2O3S. The Kier molecular flexibility index (Phi) is 3.35. The van der Waals surface area contributed by atoms with Gasteiger partial charge < -0.3 is 14.9 Å². The summed E-state index contributed by atoms with van der Waals surface area (Å²) in [7, 11) is 0. The maximum Gasteiger partial charge on any atom is 0.343 e. The van der Waals surface area contributed by atoms with Crippen LogP contribution < -0.4 is 16.1 Å². The van der Waals surface area contributed by atoms with Crippen molar-refractivity contribution >= 4 is 27.3 Å². The molecular weight excluding hydrogens is 356 g/mol. The third-order valence-corrected chi connectivity index (χ3v) is 4.82. The summed E-state index contributed by atoms with van der Waals surface area (Å²) in [5.41, 5.74) is 5.84. The molecule has 3 heterocycles. The second-order valence-electron chi connectivity index (χ2n) is 4.49. The Morgan fingerprint density at radius 1 is 1.48 bits per heavy atom. The summed E-state index contributed by atoms with van der Waals surface area (Å²) in [6.45, 7) is 1.65. The Bertz CT molecular complexity index is 860. The van der Waals surface area contributed by atoms with Gasteiger partial charge in [-0.05, 0) is 35.0 Å². The minimum absolute atomic E-state index is 0.0181. The fraction of sp³-hybridized carbons (Fsp3) is 0.143. The van der Waals surface area contributed by atoms with Crippen LogP contribution in [0.1, 0.15) is 22.1 Å². The van der Waals surface area contributed by atoms with E-state index >= 15 is 0 Å². The number of halogens is 1.